The van der Waals surface area contributed by atoms with Gasteiger partial charge < -0.3 is 19.3 Å². The third-order valence-corrected chi connectivity index (χ3v) is 4.98. The van der Waals surface area contributed by atoms with Crippen LogP contribution in [0.2, 0.25) is 0 Å². The van der Waals surface area contributed by atoms with Gasteiger partial charge in [0, 0.05) is 31.9 Å². The Kier molecular flexibility index (Phi) is 4.52. The van der Waals surface area contributed by atoms with E-state index < -0.39 is 27.7 Å². The number of methoxy groups -OCH3 is 2. The Labute approximate surface area is 130 Å². The lowest BCUT2D eigenvalue weighted by molar-refractivity contribution is -0.385. The molecular weight excluding hydrogens is 346 g/mol. The summed E-state index contributed by atoms with van der Waals surface area (Å²) in [5, 5.41) is 21.3. The summed E-state index contributed by atoms with van der Waals surface area (Å²) >= 11 is 3.39. The van der Waals surface area contributed by atoms with Crippen LogP contribution in [0.15, 0.2) is 18.2 Å². The molecule has 1 N–H and O–H groups in total. The molecule has 3 unspecified atom stereocenters. The highest BCUT2D eigenvalue weighted by Gasteiger charge is 2.51. The molecule has 0 saturated carbocycles. The molecule has 0 fully saturated rings. The van der Waals surface area contributed by atoms with Crippen LogP contribution >= 0.6 is 15.9 Å². The molecule has 1 aromatic carbocycles. The molecule has 8 heteroatoms. The molecule has 0 aromatic heterocycles. The van der Waals surface area contributed by atoms with Gasteiger partial charge in [0.1, 0.15) is 5.75 Å². The second-order valence-electron chi connectivity index (χ2n) is 4.92. The lowest BCUT2D eigenvalue weighted by Gasteiger charge is -2.45. The largest absolute Gasteiger partial charge is 0.481 e. The van der Waals surface area contributed by atoms with Gasteiger partial charge in [-0.3, -0.25) is 10.1 Å². The number of nitrogens with zero attached hydrogens (tertiary/aromatic N) is 1. The molecule has 0 radical (unpaired) electrons. The second-order valence-corrected chi connectivity index (χ2v) is 5.90. The van der Waals surface area contributed by atoms with Gasteiger partial charge >= 0.3 is 0 Å². The van der Waals surface area contributed by atoms with E-state index in [1.54, 1.807) is 6.92 Å². The molecule has 0 aliphatic carbocycles. The van der Waals surface area contributed by atoms with Gasteiger partial charge in [-0.05, 0) is 13.0 Å². The van der Waals surface area contributed by atoms with Gasteiger partial charge in [0.25, 0.3) is 5.69 Å². The van der Waals surface area contributed by atoms with Crippen molar-refractivity contribution in [3.8, 4) is 5.75 Å². The molecule has 1 heterocycles. The van der Waals surface area contributed by atoms with Crippen molar-refractivity contribution in [3.05, 3.63) is 33.9 Å². The van der Waals surface area contributed by atoms with E-state index in [0.29, 0.717) is 11.3 Å². The zero-order chi connectivity index (χ0) is 15.8. The fourth-order valence-electron chi connectivity index (χ4n) is 2.48. The Balaban J connectivity index is 2.47. The molecule has 3 atom stereocenters. The molecule has 116 valence electrons. The van der Waals surface area contributed by atoms with Gasteiger partial charge in [-0.25, -0.2) is 0 Å². The number of non-ortho nitro benzene ring substituents is 1. The summed E-state index contributed by atoms with van der Waals surface area (Å²) in [6.45, 7) is 1.73. The van der Waals surface area contributed by atoms with Crippen LogP contribution in [0.3, 0.4) is 0 Å². The lowest BCUT2D eigenvalue weighted by Crippen LogP contribution is -2.57. The first-order valence-electron chi connectivity index (χ1n) is 6.20. The zero-order valence-corrected chi connectivity index (χ0v) is 13.4. The van der Waals surface area contributed by atoms with E-state index in [0.717, 1.165) is 0 Å². The van der Waals surface area contributed by atoms with Crippen molar-refractivity contribution in [2.45, 2.75) is 29.7 Å². The van der Waals surface area contributed by atoms with E-state index in [2.05, 4.69) is 15.9 Å². The Bertz CT molecular complexity index is 549. The molecule has 7 nitrogen and oxygen atoms in total. The minimum absolute atomic E-state index is 0.102. The number of alkyl halides is 1. The van der Waals surface area contributed by atoms with Gasteiger partial charge in [0.2, 0.25) is 0 Å². The van der Waals surface area contributed by atoms with Crippen LogP contribution in [0.5, 0.6) is 5.75 Å². The highest BCUT2D eigenvalue weighted by atomic mass is 79.9. The maximum absolute atomic E-state index is 10.8. The standard InChI is InChI=1S/C13H16BrNO6/c1-13(12(19-2)20-3)11(14)10(16)8-6-7(15(17)18)4-5-9(8)21-13/h4-6,10-12,16H,1-3H3. The van der Waals surface area contributed by atoms with E-state index in [-0.39, 0.29) is 5.69 Å². The van der Waals surface area contributed by atoms with E-state index in [1.807, 2.05) is 0 Å². The molecule has 1 aromatic rings. The number of benzene rings is 1. The van der Waals surface area contributed by atoms with Crippen molar-refractivity contribution in [2.75, 3.05) is 14.2 Å². The Morgan fingerprint density at radius 1 is 1.48 bits per heavy atom. The average Bonchev–Trinajstić information content (AvgIpc) is 2.45. The Morgan fingerprint density at radius 3 is 2.62 bits per heavy atom. The highest BCUT2D eigenvalue weighted by molar-refractivity contribution is 9.09. The van der Waals surface area contributed by atoms with E-state index in [9.17, 15) is 15.2 Å². The van der Waals surface area contributed by atoms with Crippen LogP contribution in [-0.4, -0.2) is 41.0 Å². The van der Waals surface area contributed by atoms with E-state index in [4.69, 9.17) is 14.2 Å². The summed E-state index contributed by atoms with van der Waals surface area (Å²) in [5.74, 6) is 0.366. The lowest BCUT2D eigenvalue weighted by atomic mass is 9.89. The van der Waals surface area contributed by atoms with Crippen LogP contribution in [0, 0.1) is 10.1 Å². The first kappa shape index (κ1) is 16.2. The van der Waals surface area contributed by atoms with Gasteiger partial charge in [0.15, 0.2) is 11.9 Å². The van der Waals surface area contributed by atoms with Crippen LogP contribution in [0.4, 0.5) is 5.69 Å². The predicted molar refractivity (Wildman–Crippen MR) is 77.6 cm³/mol. The summed E-state index contributed by atoms with van der Waals surface area (Å²) in [6, 6.07) is 4.10. The van der Waals surface area contributed by atoms with Crippen LogP contribution in [0.25, 0.3) is 0 Å². The summed E-state index contributed by atoms with van der Waals surface area (Å²) < 4.78 is 16.4. The van der Waals surface area contributed by atoms with Crippen molar-refractivity contribution in [1.82, 2.24) is 0 Å². The predicted octanol–water partition coefficient (Wildman–Crippen LogP) is 2.16. The number of fused-ring (bicyclic) bond motifs is 1. The fourth-order valence-corrected chi connectivity index (χ4v) is 3.07. The van der Waals surface area contributed by atoms with Crippen molar-refractivity contribution >= 4 is 21.6 Å². The van der Waals surface area contributed by atoms with Crippen LogP contribution in [0.1, 0.15) is 18.6 Å². The van der Waals surface area contributed by atoms with Crippen molar-refractivity contribution in [2.24, 2.45) is 0 Å². The molecule has 2 rings (SSSR count). The van der Waals surface area contributed by atoms with Crippen LogP contribution < -0.4 is 4.74 Å². The minimum atomic E-state index is -0.994. The summed E-state index contributed by atoms with van der Waals surface area (Å²) in [6.07, 6.45) is -1.72. The molecule has 0 bridgehead atoms. The third kappa shape index (κ3) is 2.64. The molecule has 21 heavy (non-hydrogen) atoms. The topological polar surface area (TPSA) is 91.1 Å². The number of nitro groups is 1. The van der Waals surface area contributed by atoms with Gasteiger partial charge in [-0.15, -0.1) is 0 Å². The number of aliphatic hydroxyl groups is 1. The van der Waals surface area contributed by atoms with Gasteiger partial charge in [-0.2, -0.15) is 0 Å². The number of halogens is 1. The molecular formula is C13H16BrNO6. The molecule has 1 aliphatic rings. The number of hydrogen-bond donors (Lipinski definition) is 1. The normalized spacial score (nSPS) is 28.1. The number of ether oxygens (including phenoxy) is 3. The Morgan fingerprint density at radius 2 is 2.10 bits per heavy atom. The van der Waals surface area contributed by atoms with Gasteiger partial charge in [0.05, 0.1) is 15.9 Å². The molecule has 0 amide bonds. The number of aliphatic hydroxyl groups excluding tert-OH is 1. The van der Waals surface area contributed by atoms with Gasteiger partial charge in [-0.1, -0.05) is 15.9 Å². The first-order chi connectivity index (χ1) is 9.85. The van der Waals surface area contributed by atoms with Crippen molar-refractivity contribution in [3.63, 3.8) is 0 Å². The smallest absolute Gasteiger partial charge is 0.270 e. The second kappa shape index (κ2) is 5.88. The fraction of sp³-hybridized carbons (Fsp3) is 0.538. The summed E-state index contributed by atoms with van der Waals surface area (Å²) in [7, 11) is 2.94. The van der Waals surface area contributed by atoms with Crippen molar-refractivity contribution < 1.29 is 24.2 Å². The highest BCUT2D eigenvalue weighted by Crippen LogP contribution is 2.46. The zero-order valence-electron chi connectivity index (χ0n) is 11.8. The van der Waals surface area contributed by atoms with E-state index in [1.165, 1.54) is 32.4 Å². The quantitative estimate of drug-likeness (QED) is 0.382. The maximum Gasteiger partial charge on any atom is 0.270 e. The summed E-state index contributed by atoms with van der Waals surface area (Å²) in [4.78, 5) is 9.75. The molecule has 0 saturated heterocycles. The van der Waals surface area contributed by atoms with E-state index >= 15 is 0 Å². The number of hydrogen-bond acceptors (Lipinski definition) is 6. The average molecular weight is 362 g/mol. The van der Waals surface area contributed by atoms with Crippen LogP contribution in [-0.2, 0) is 9.47 Å². The number of nitro benzene ring substituents is 1. The maximum atomic E-state index is 10.8. The monoisotopic (exact) mass is 361 g/mol. The first-order valence-corrected chi connectivity index (χ1v) is 7.11. The summed E-state index contributed by atoms with van der Waals surface area (Å²) in [5.41, 5.74) is -0.740. The SMILES string of the molecule is COC(OC)C1(C)Oc2ccc([N+](=O)[O-])cc2C(O)C1Br. The molecule has 1 aliphatic heterocycles. The Hall–Kier alpha value is -1.22. The van der Waals surface area contributed by atoms with Crippen molar-refractivity contribution in [1.29, 1.82) is 0 Å². The number of rotatable bonds is 4. The minimum Gasteiger partial charge on any atom is -0.481 e. The molecule has 0 spiro atoms. The third-order valence-electron chi connectivity index (χ3n) is 3.57.